The second kappa shape index (κ2) is 6.64. The van der Waals surface area contributed by atoms with Crippen LogP contribution in [0.2, 0.25) is 8.67 Å². The van der Waals surface area contributed by atoms with E-state index in [1.807, 2.05) is 0 Å². The van der Waals surface area contributed by atoms with Gasteiger partial charge in [0.25, 0.3) is 10.0 Å². The molecule has 3 N–H and O–H groups in total. The maximum Gasteiger partial charge on any atom is 0.265 e. The zero-order valence-corrected chi connectivity index (χ0v) is 13.6. The SMILES string of the molecule is NCC#Cc1cccc(NS(=O)(=O)c2cc(Cl)sc2Cl)n1. The summed E-state index contributed by atoms with van der Waals surface area (Å²) in [5.74, 6) is 5.50. The van der Waals surface area contributed by atoms with Crippen LogP contribution in [0.25, 0.3) is 0 Å². The average molecular weight is 362 g/mol. The molecule has 110 valence electrons. The quantitative estimate of drug-likeness (QED) is 0.822. The highest BCUT2D eigenvalue weighted by molar-refractivity contribution is 7.93. The second-order valence-electron chi connectivity index (χ2n) is 3.71. The number of sulfonamides is 1. The van der Waals surface area contributed by atoms with Crippen molar-refractivity contribution in [3.63, 3.8) is 0 Å². The number of pyridine rings is 1. The molecule has 2 aromatic rings. The average Bonchev–Trinajstić information content (AvgIpc) is 2.76. The highest BCUT2D eigenvalue weighted by Crippen LogP contribution is 2.34. The van der Waals surface area contributed by atoms with Gasteiger partial charge in [0.1, 0.15) is 20.7 Å². The van der Waals surface area contributed by atoms with Gasteiger partial charge >= 0.3 is 0 Å². The summed E-state index contributed by atoms with van der Waals surface area (Å²) >= 11 is 12.6. The predicted octanol–water partition coefficient (Wildman–Crippen LogP) is 2.56. The summed E-state index contributed by atoms with van der Waals surface area (Å²) in [5, 5.41) is 0. The van der Waals surface area contributed by atoms with E-state index >= 15 is 0 Å². The molecule has 2 heterocycles. The Balaban J connectivity index is 2.31. The van der Waals surface area contributed by atoms with Crippen LogP contribution >= 0.6 is 34.5 Å². The first-order chi connectivity index (χ1) is 9.92. The van der Waals surface area contributed by atoms with Crippen LogP contribution in [-0.2, 0) is 10.0 Å². The number of thiophene rings is 1. The van der Waals surface area contributed by atoms with E-state index in [-0.39, 0.29) is 25.9 Å². The fraction of sp³-hybridized carbons (Fsp3) is 0.0833. The van der Waals surface area contributed by atoms with Crippen molar-refractivity contribution in [1.82, 2.24) is 4.98 Å². The van der Waals surface area contributed by atoms with Gasteiger partial charge in [-0.25, -0.2) is 13.4 Å². The van der Waals surface area contributed by atoms with Crippen LogP contribution in [-0.4, -0.2) is 19.9 Å². The second-order valence-corrected chi connectivity index (χ2v) is 7.64. The lowest BCUT2D eigenvalue weighted by molar-refractivity contribution is 0.601. The largest absolute Gasteiger partial charge is 0.320 e. The first-order valence-electron chi connectivity index (χ1n) is 5.56. The van der Waals surface area contributed by atoms with Crippen LogP contribution in [0.4, 0.5) is 5.82 Å². The first-order valence-corrected chi connectivity index (χ1v) is 8.61. The molecule has 0 fully saturated rings. The Labute approximate surface area is 136 Å². The third kappa shape index (κ3) is 4.09. The smallest absolute Gasteiger partial charge is 0.265 e. The minimum Gasteiger partial charge on any atom is -0.320 e. The van der Waals surface area contributed by atoms with E-state index in [2.05, 4.69) is 21.5 Å². The summed E-state index contributed by atoms with van der Waals surface area (Å²) in [6.07, 6.45) is 0. The number of rotatable bonds is 3. The van der Waals surface area contributed by atoms with E-state index < -0.39 is 10.0 Å². The fourth-order valence-electron chi connectivity index (χ4n) is 1.40. The molecule has 0 radical (unpaired) electrons. The fourth-order valence-corrected chi connectivity index (χ4v) is 4.56. The summed E-state index contributed by atoms with van der Waals surface area (Å²) in [6, 6.07) is 6.07. The molecule has 0 spiro atoms. The van der Waals surface area contributed by atoms with Crippen LogP contribution in [0.3, 0.4) is 0 Å². The van der Waals surface area contributed by atoms with Crippen molar-refractivity contribution in [2.24, 2.45) is 5.73 Å². The monoisotopic (exact) mass is 361 g/mol. The molecule has 0 bridgehead atoms. The Kier molecular flexibility index (Phi) is 5.08. The third-order valence-electron chi connectivity index (χ3n) is 2.22. The Bertz CT molecular complexity index is 823. The molecular formula is C12H9Cl2N3O2S2. The number of anilines is 1. The van der Waals surface area contributed by atoms with Gasteiger partial charge in [0.15, 0.2) is 0 Å². The molecule has 0 aromatic carbocycles. The van der Waals surface area contributed by atoms with E-state index in [0.717, 1.165) is 11.3 Å². The molecule has 0 unspecified atom stereocenters. The van der Waals surface area contributed by atoms with Gasteiger partial charge in [-0.15, -0.1) is 11.3 Å². The van der Waals surface area contributed by atoms with Crippen molar-refractivity contribution in [1.29, 1.82) is 0 Å². The Morgan fingerprint density at radius 1 is 1.38 bits per heavy atom. The van der Waals surface area contributed by atoms with Gasteiger partial charge in [0.05, 0.1) is 10.9 Å². The molecule has 0 saturated carbocycles. The van der Waals surface area contributed by atoms with Crippen LogP contribution in [0.15, 0.2) is 29.2 Å². The van der Waals surface area contributed by atoms with Gasteiger partial charge < -0.3 is 5.73 Å². The molecule has 2 aromatic heterocycles. The number of aromatic nitrogens is 1. The maximum absolute atomic E-state index is 12.2. The summed E-state index contributed by atoms with van der Waals surface area (Å²) in [5.41, 5.74) is 5.68. The first kappa shape index (κ1) is 16.1. The highest BCUT2D eigenvalue weighted by atomic mass is 35.5. The van der Waals surface area contributed by atoms with Crippen LogP contribution < -0.4 is 10.5 Å². The van der Waals surface area contributed by atoms with Crippen LogP contribution in [0.1, 0.15) is 5.69 Å². The van der Waals surface area contributed by atoms with Gasteiger partial charge in [0.2, 0.25) is 0 Å². The topological polar surface area (TPSA) is 85.1 Å². The van der Waals surface area contributed by atoms with Gasteiger partial charge in [-0.1, -0.05) is 35.2 Å². The number of halogens is 2. The molecule has 0 aliphatic heterocycles. The lowest BCUT2D eigenvalue weighted by Gasteiger charge is -2.06. The number of nitrogens with two attached hydrogens (primary N) is 1. The molecule has 0 saturated heterocycles. The molecule has 0 atom stereocenters. The third-order valence-corrected chi connectivity index (χ3v) is 5.33. The molecular weight excluding hydrogens is 353 g/mol. The van der Waals surface area contributed by atoms with E-state index in [1.54, 1.807) is 12.1 Å². The summed E-state index contributed by atoms with van der Waals surface area (Å²) in [6.45, 7) is 0.195. The van der Waals surface area contributed by atoms with Crippen molar-refractivity contribution >= 4 is 50.4 Å². The van der Waals surface area contributed by atoms with E-state index in [1.165, 1.54) is 12.1 Å². The molecule has 9 heteroatoms. The minimum absolute atomic E-state index is 0.0839. The van der Waals surface area contributed by atoms with Gasteiger partial charge in [-0.2, -0.15) is 0 Å². The van der Waals surface area contributed by atoms with E-state index in [4.69, 9.17) is 28.9 Å². The Morgan fingerprint density at radius 3 is 2.76 bits per heavy atom. The van der Waals surface area contributed by atoms with Crippen molar-refractivity contribution in [2.75, 3.05) is 11.3 Å². The van der Waals surface area contributed by atoms with Crippen LogP contribution in [0.5, 0.6) is 0 Å². The number of hydrogen-bond donors (Lipinski definition) is 2. The number of nitrogens with one attached hydrogen (secondary N) is 1. The molecule has 2 rings (SSSR count). The van der Waals surface area contributed by atoms with Crippen LogP contribution in [0, 0.1) is 11.8 Å². The van der Waals surface area contributed by atoms with Gasteiger partial charge in [0, 0.05) is 0 Å². The minimum atomic E-state index is -3.85. The zero-order chi connectivity index (χ0) is 15.5. The summed E-state index contributed by atoms with van der Waals surface area (Å²) in [7, 11) is -3.85. The standard InChI is InChI=1S/C12H9Cl2N3O2S2/c13-10-7-9(12(14)20-10)21(18,19)17-11-5-1-3-8(16-11)4-2-6-15/h1,3,5,7H,6,15H2,(H,16,17). The van der Waals surface area contributed by atoms with Gasteiger partial charge in [-0.3, -0.25) is 4.72 Å². The molecule has 5 nitrogen and oxygen atoms in total. The Hall–Kier alpha value is -1.30. The van der Waals surface area contributed by atoms with Crippen molar-refractivity contribution in [2.45, 2.75) is 4.90 Å². The number of hydrogen-bond acceptors (Lipinski definition) is 5. The molecule has 21 heavy (non-hydrogen) atoms. The molecule has 0 aliphatic rings. The van der Waals surface area contributed by atoms with E-state index in [0.29, 0.717) is 5.69 Å². The molecule has 0 amide bonds. The maximum atomic E-state index is 12.2. The summed E-state index contributed by atoms with van der Waals surface area (Å²) in [4.78, 5) is 3.98. The van der Waals surface area contributed by atoms with Gasteiger partial charge in [-0.05, 0) is 24.1 Å². The lowest BCUT2D eigenvalue weighted by atomic mass is 10.3. The van der Waals surface area contributed by atoms with Crippen molar-refractivity contribution < 1.29 is 8.42 Å². The van der Waals surface area contributed by atoms with E-state index in [9.17, 15) is 8.42 Å². The Morgan fingerprint density at radius 2 is 2.14 bits per heavy atom. The van der Waals surface area contributed by atoms with Crippen molar-refractivity contribution in [3.05, 3.63) is 38.6 Å². The normalized spacial score (nSPS) is 10.8. The highest BCUT2D eigenvalue weighted by Gasteiger charge is 2.21. The zero-order valence-electron chi connectivity index (χ0n) is 10.4. The number of nitrogens with zero attached hydrogens (tertiary/aromatic N) is 1. The predicted molar refractivity (Wildman–Crippen MR) is 85.3 cm³/mol. The molecule has 0 aliphatic carbocycles. The van der Waals surface area contributed by atoms with Crippen molar-refractivity contribution in [3.8, 4) is 11.8 Å². The summed E-state index contributed by atoms with van der Waals surface area (Å²) < 4.78 is 27.1. The lowest BCUT2D eigenvalue weighted by Crippen LogP contribution is -2.13.